The highest BCUT2D eigenvalue weighted by molar-refractivity contribution is 7.69. The molecule has 0 fully saturated rings. The van der Waals surface area contributed by atoms with E-state index in [4.69, 9.17) is 0 Å². The summed E-state index contributed by atoms with van der Waals surface area (Å²) in [5, 5.41) is 0. The minimum atomic E-state index is -2.41. The molecule has 0 amide bonds. The fraction of sp³-hybridized carbons (Fsp3) is 0.333. The Balaban J connectivity index is 2.29. The van der Waals surface area contributed by atoms with Crippen molar-refractivity contribution in [3.05, 3.63) is 35.4 Å². The largest absolute Gasteiger partial charge is 0.215 e. The number of benzene rings is 1. The third-order valence-corrected chi connectivity index (χ3v) is 3.14. The van der Waals surface area contributed by atoms with Gasteiger partial charge in [0.1, 0.15) is 0 Å². The van der Waals surface area contributed by atoms with Crippen LogP contribution in [-0.2, 0) is 23.9 Å². The van der Waals surface area contributed by atoms with Crippen molar-refractivity contribution >= 4 is 10.9 Å². The van der Waals surface area contributed by atoms with Crippen LogP contribution in [0.25, 0.3) is 0 Å². The van der Waals surface area contributed by atoms with E-state index in [1.807, 2.05) is 18.2 Å². The summed E-state index contributed by atoms with van der Waals surface area (Å²) in [6.07, 6.45) is 0.833. The molecule has 0 bridgehead atoms. The van der Waals surface area contributed by atoms with Crippen molar-refractivity contribution in [2.75, 3.05) is 6.54 Å². The minimum Gasteiger partial charge on any atom is -0.215 e. The molecule has 1 aliphatic rings. The van der Waals surface area contributed by atoms with E-state index in [0.29, 0.717) is 13.1 Å². The molecule has 0 saturated heterocycles. The average molecular weight is 197 g/mol. The number of thiol groups is 1. The predicted molar refractivity (Wildman–Crippen MR) is 50.9 cm³/mol. The van der Waals surface area contributed by atoms with Crippen LogP contribution in [0.1, 0.15) is 11.1 Å². The molecule has 13 heavy (non-hydrogen) atoms. The molecule has 0 atom stereocenters. The monoisotopic (exact) mass is 197 g/mol. The molecule has 4 heteroatoms. The number of nitrogens with zero attached hydrogens (tertiary/aromatic N) is 1. The predicted octanol–water partition coefficient (Wildman–Crippen LogP) is 0.571. The van der Waals surface area contributed by atoms with Crippen LogP contribution in [0.5, 0.6) is 0 Å². The van der Waals surface area contributed by atoms with Crippen LogP contribution in [0.3, 0.4) is 0 Å². The summed E-state index contributed by atoms with van der Waals surface area (Å²) in [6, 6.07) is 7.98. The van der Waals surface area contributed by atoms with E-state index in [1.165, 1.54) is 9.87 Å². The molecule has 1 aromatic rings. The maximum atomic E-state index is 10.7. The molecular weight excluding hydrogens is 186 g/mol. The Bertz CT molecular complexity index is 379. The van der Waals surface area contributed by atoms with Crippen molar-refractivity contribution in [3.8, 4) is 0 Å². The van der Waals surface area contributed by atoms with Gasteiger partial charge in [-0.25, -0.2) is 8.42 Å². The first-order valence-corrected chi connectivity index (χ1v) is 5.36. The van der Waals surface area contributed by atoms with E-state index in [1.54, 1.807) is 0 Å². The van der Waals surface area contributed by atoms with Crippen molar-refractivity contribution < 1.29 is 8.42 Å². The molecule has 0 aliphatic carbocycles. The van der Waals surface area contributed by atoms with Crippen LogP contribution >= 0.6 is 0 Å². The second-order valence-corrected chi connectivity index (χ2v) is 4.19. The first-order chi connectivity index (χ1) is 6.27. The van der Waals surface area contributed by atoms with Gasteiger partial charge in [-0.2, -0.15) is 4.31 Å². The minimum absolute atomic E-state index is 0.537. The maximum absolute atomic E-state index is 10.7. The van der Waals surface area contributed by atoms with Gasteiger partial charge < -0.3 is 0 Å². The van der Waals surface area contributed by atoms with Gasteiger partial charge in [-0.3, -0.25) is 0 Å². The van der Waals surface area contributed by atoms with Gasteiger partial charge in [0.05, 0.1) is 0 Å². The lowest BCUT2D eigenvalue weighted by molar-refractivity contribution is 0.405. The van der Waals surface area contributed by atoms with Crippen LogP contribution < -0.4 is 0 Å². The summed E-state index contributed by atoms with van der Waals surface area (Å²) < 4.78 is 22.9. The molecule has 70 valence electrons. The van der Waals surface area contributed by atoms with Gasteiger partial charge in [0.2, 0.25) is 10.9 Å². The van der Waals surface area contributed by atoms with Crippen LogP contribution in [0.4, 0.5) is 0 Å². The second-order valence-electron chi connectivity index (χ2n) is 3.14. The van der Waals surface area contributed by atoms with Gasteiger partial charge in [-0.05, 0) is 17.5 Å². The Kier molecular flexibility index (Phi) is 2.33. The first kappa shape index (κ1) is 8.72. The Hall–Kier alpha value is -0.870. The van der Waals surface area contributed by atoms with Crippen molar-refractivity contribution in [1.29, 1.82) is 0 Å². The molecule has 3 nitrogen and oxygen atoms in total. The van der Waals surface area contributed by atoms with E-state index >= 15 is 0 Å². The SMILES string of the molecule is O=[SH](=O)N1CCc2ccccc2C1. The maximum Gasteiger partial charge on any atom is 0.204 e. The Morgan fingerprint density at radius 1 is 1.15 bits per heavy atom. The Labute approximate surface area is 79.1 Å². The second kappa shape index (κ2) is 3.47. The zero-order chi connectivity index (χ0) is 9.26. The third-order valence-electron chi connectivity index (χ3n) is 2.34. The number of hydrogen-bond acceptors (Lipinski definition) is 2. The van der Waals surface area contributed by atoms with Gasteiger partial charge in [-0.1, -0.05) is 24.3 Å². The molecule has 0 saturated carbocycles. The quantitative estimate of drug-likeness (QED) is 0.668. The lowest BCUT2D eigenvalue weighted by atomic mass is 10.0. The van der Waals surface area contributed by atoms with E-state index in [-0.39, 0.29) is 0 Å². The molecule has 0 unspecified atom stereocenters. The molecule has 1 heterocycles. The topological polar surface area (TPSA) is 37.4 Å². The molecule has 1 aliphatic heterocycles. The summed E-state index contributed by atoms with van der Waals surface area (Å²) >= 11 is 0. The lowest BCUT2D eigenvalue weighted by Crippen LogP contribution is -2.28. The summed E-state index contributed by atoms with van der Waals surface area (Å²) in [6.45, 7) is 1.16. The molecule has 0 spiro atoms. The Morgan fingerprint density at radius 3 is 2.54 bits per heavy atom. The van der Waals surface area contributed by atoms with Crippen molar-refractivity contribution in [2.45, 2.75) is 13.0 Å². The average Bonchev–Trinajstić information content (AvgIpc) is 2.17. The van der Waals surface area contributed by atoms with Gasteiger partial charge in [0.15, 0.2) is 0 Å². The summed E-state index contributed by atoms with van der Waals surface area (Å²) in [5.74, 6) is 0. The lowest BCUT2D eigenvalue weighted by Gasteiger charge is -2.23. The highest BCUT2D eigenvalue weighted by Gasteiger charge is 2.16. The van der Waals surface area contributed by atoms with Gasteiger partial charge in [-0.15, -0.1) is 0 Å². The summed E-state index contributed by atoms with van der Waals surface area (Å²) in [7, 11) is -2.41. The highest BCUT2D eigenvalue weighted by atomic mass is 32.2. The smallest absolute Gasteiger partial charge is 0.204 e. The van der Waals surface area contributed by atoms with E-state index in [2.05, 4.69) is 6.07 Å². The summed E-state index contributed by atoms with van der Waals surface area (Å²) in [5.41, 5.74) is 2.41. The zero-order valence-corrected chi connectivity index (χ0v) is 8.04. The molecule has 0 radical (unpaired) electrons. The molecule has 1 aromatic carbocycles. The summed E-state index contributed by atoms with van der Waals surface area (Å²) in [4.78, 5) is 0. The van der Waals surface area contributed by atoms with Crippen molar-refractivity contribution in [3.63, 3.8) is 0 Å². The van der Waals surface area contributed by atoms with Crippen LogP contribution in [-0.4, -0.2) is 19.3 Å². The standard InChI is InChI=1S/C9H11NO2S/c11-13(12)10-6-5-8-3-1-2-4-9(8)7-10/h1-4,13H,5-7H2. The van der Waals surface area contributed by atoms with Crippen LogP contribution in [0.15, 0.2) is 24.3 Å². The first-order valence-electron chi connectivity index (χ1n) is 4.23. The van der Waals surface area contributed by atoms with Gasteiger partial charge in [0.25, 0.3) is 0 Å². The third kappa shape index (κ3) is 1.73. The molecule has 2 rings (SSSR count). The van der Waals surface area contributed by atoms with Gasteiger partial charge >= 0.3 is 0 Å². The number of hydrogen-bond donors (Lipinski definition) is 1. The zero-order valence-electron chi connectivity index (χ0n) is 7.14. The Morgan fingerprint density at radius 2 is 1.85 bits per heavy atom. The number of fused-ring (bicyclic) bond motifs is 1. The molecule has 0 N–H and O–H groups in total. The van der Waals surface area contributed by atoms with E-state index in [9.17, 15) is 8.42 Å². The molecule has 0 aromatic heterocycles. The highest BCUT2D eigenvalue weighted by Crippen LogP contribution is 2.17. The van der Waals surface area contributed by atoms with Gasteiger partial charge in [0, 0.05) is 13.1 Å². The fourth-order valence-corrected chi connectivity index (χ4v) is 2.15. The van der Waals surface area contributed by atoms with E-state index in [0.717, 1.165) is 12.0 Å². The number of rotatable bonds is 1. The van der Waals surface area contributed by atoms with Crippen molar-refractivity contribution in [2.24, 2.45) is 0 Å². The fourth-order valence-electron chi connectivity index (χ4n) is 1.62. The molecular formula is C9H11NO2S. The van der Waals surface area contributed by atoms with Crippen LogP contribution in [0, 0.1) is 0 Å². The normalized spacial score (nSPS) is 17.3. The van der Waals surface area contributed by atoms with Crippen molar-refractivity contribution in [1.82, 2.24) is 4.31 Å². The van der Waals surface area contributed by atoms with Crippen LogP contribution in [0.2, 0.25) is 0 Å². The van der Waals surface area contributed by atoms with E-state index < -0.39 is 10.9 Å².